The Morgan fingerprint density at radius 1 is 1.60 bits per heavy atom. The Balaban J connectivity index is 2.67. The standard InChI is InChI=1S/C7H6ClNO/c8-7(10)5-6-3-1-2-4-9-6/h1-4H,5H2. The molecule has 2 nitrogen and oxygen atoms in total. The number of carbonyl (C=O) groups is 1. The molecule has 0 spiro atoms. The lowest BCUT2D eigenvalue weighted by Gasteiger charge is -1.91. The van der Waals surface area contributed by atoms with Gasteiger partial charge in [0.2, 0.25) is 5.24 Å². The lowest BCUT2D eigenvalue weighted by atomic mass is 10.3. The number of halogens is 1. The van der Waals surface area contributed by atoms with E-state index in [0.29, 0.717) is 5.69 Å². The van der Waals surface area contributed by atoms with Crippen molar-refractivity contribution in [2.24, 2.45) is 0 Å². The minimum atomic E-state index is -0.376. The minimum Gasteiger partial charge on any atom is -0.281 e. The predicted molar refractivity (Wildman–Crippen MR) is 38.8 cm³/mol. The van der Waals surface area contributed by atoms with E-state index in [4.69, 9.17) is 11.6 Å². The number of pyridine rings is 1. The second-order valence-corrected chi connectivity index (χ2v) is 2.27. The highest BCUT2D eigenvalue weighted by Gasteiger charge is 1.97. The fraction of sp³-hybridized carbons (Fsp3) is 0.143. The highest BCUT2D eigenvalue weighted by molar-refractivity contribution is 6.63. The van der Waals surface area contributed by atoms with Crippen LogP contribution in [0.3, 0.4) is 0 Å². The zero-order chi connectivity index (χ0) is 7.40. The van der Waals surface area contributed by atoms with Crippen molar-refractivity contribution in [3.63, 3.8) is 0 Å². The zero-order valence-corrected chi connectivity index (χ0v) is 6.01. The normalized spacial score (nSPS) is 9.30. The Kier molecular flexibility index (Phi) is 2.40. The minimum absolute atomic E-state index is 0.211. The number of carbonyl (C=O) groups excluding carboxylic acids is 1. The summed E-state index contributed by atoms with van der Waals surface area (Å²) >= 11 is 5.13. The van der Waals surface area contributed by atoms with E-state index in [1.807, 2.05) is 6.07 Å². The summed E-state index contributed by atoms with van der Waals surface area (Å²) in [5, 5.41) is -0.376. The van der Waals surface area contributed by atoms with Crippen LogP contribution in [-0.2, 0) is 11.2 Å². The van der Waals surface area contributed by atoms with E-state index >= 15 is 0 Å². The van der Waals surface area contributed by atoms with Gasteiger partial charge < -0.3 is 0 Å². The second kappa shape index (κ2) is 3.32. The third-order valence-corrected chi connectivity index (χ3v) is 1.18. The van der Waals surface area contributed by atoms with E-state index in [-0.39, 0.29) is 11.7 Å². The van der Waals surface area contributed by atoms with E-state index in [2.05, 4.69) is 4.98 Å². The number of hydrogen-bond acceptors (Lipinski definition) is 2. The largest absolute Gasteiger partial charge is 0.281 e. The average Bonchev–Trinajstić information content (AvgIpc) is 1.88. The van der Waals surface area contributed by atoms with Gasteiger partial charge in [0.05, 0.1) is 6.42 Å². The Bertz CT molecular complexity index is 222. The summed E-state index contributed by atoms with van der Waals surface area (Å²) in [4.78, 5) is 14.3. The fourth-order valence-electron chi connectivity index (χ4n) is 0.645. The monoisotopic (exact) mass is 155 g/mol. The first-order chi connectivity index (χ1) is 4.79. The lowest BCUT2D eigenvalue weighted by molar-refractivity contribution is -0.111. The molecule has 1 heterocycles. The molecule has 0 atom stereocenters. The van der Waals surface area contributed by atoms with Crippen LogP contribution in [0.5, 0.6) is 0 Å². The molecule has 0 unspecified atom stereocenters. The molecule has 1 rings (SSSR count). The highest BCUT2D eigenvalue weighted by Crippen LogP contribution is 1.96. The van der Waals surface area contributed by atoms with Crippen molar-refractivity contribution in [1.29, 1.82) is 0 Å². The molecule has 0 aliphatic carbocycles. The summed E-state index contributed by atoms with van der Waals surface area (Å²) in [5.41, 5.74) is 0.711. The molecule has 0 N–H and O–H groups in total. The topological polar surface area (TPSA) is 30.0 Å². The van der Waals surface area contributed by atoms with Gasteiger partial charge in [0.1, 0.15) is 0 Å². The van der Waals surface area contributed by atoms with Crippen LogP contribution in [0.25, 0.3) is 0 Å². The summed E-state index contributed by atoms with van der Waals surface area (Å²) in [6.45, 7) is 0. The first-order valence-corrected chi connectivity index (χ1v) is 3.25. The molecule has 0 saturated heterocycles. The summed E-state index contributed by atoms with van der Waals surface area (Å²) in [5.74, 6) is 0. The molecule has 52 valence electrons. The van der Waals surface area contributed by atoms with Crippen LogP contribution >= 0.6 is 11.6 Å². The molecular formula is C7H6ClNO. The van der Waals surface area contributed by atoms with E-state index in [1.165, 1.54) is 0 Å². The van der Waals surface area contributed by atoms with Crippen LogP contribution < -0.4 is 0 Å². The molecule has 0 amide bonds. The Morgan fingerprint density at radius 3 is 2.90 bits per heavy atom. The Labute approximate surface area is 63.8 Å². The van der Waals surface area contributed by atoms with Gasteiger partial charge in [0, 0.05) is 11.9 Å². The summed E-state index contributed by atoms with van der Waals surface area (Å²) in [7, 11) is 0. The second-order valence-electron chi connectivity index (χ2n) is 1.85. The molecule has 10 heavy (non-hydrogen) atoms. The first-order valence-electron chi connectivity index (χ1n) is 2.87. The van der Waals surface area contributed by atoms with Gasteiger partial charge in [0.15, 0.2) is 0 Å². The number of nitrogens with zero attached hydrogens (tertiary/aromatic N) is 1. The van der Waals surface area contributed by atoms with Gasteiger partial charge in [-0.3, -0.25) is 9.78 Å². The Hall–Kier alpha value is -0.890. The van der Waals surface area contributed by atoms with Crippen LogP contribution in [0.2, 0.25) is 0 Å². The van der Waals surface area contributed by atoms with Crippen LogP contribution in [0.15, 0.2) is 24.4 Å². The SMILES string of the molecule is O=C(Cl)Cc1ccccn1. The van der Waals surface area contributed by atoms with E-state index < -0.39 is 0 Å². The lowest BCUT2D eigenvalue weighted by Crippen LogP contribution is -1.94. The predicted octanol–water partition coefficient (Wildman–Crippen LogP) is 1.39. The van der Waals surface area contributed by atoms with Crippen LogP contribution in [0.4, 0.5) is 0 Å². The average molecular weight is 156 g/mol. The van der Waals surface area contributed by atoms with Crippen molar-refractivity contribution in [3.8, 4) is 0 Å². The van der Waals surface area contributed by atoms with E-state index in [9.17, 15) is 4.79 Å². The zero-order valence-electron chi connectivity index (χ0n) is 5.25. The van der Waals surface area contributed by atoms with Crippen LogP contribution in [-0.4, -0.2) is 10.2 Å². The Morgan fingerprint density at radius 2 is 2.40 bits per heavy atom. The van der Waals surface area contributed by atoms with Crippen molar-refractivity contribution < 1.29 is 4.79 Å². The molecule has 0 aliphatic rings. The number of aromatic nitrogens is 1. The van der Waals surface area contributed by atoms with Gasteiger partial charge in [0.25, 0.3) is 0 Å². The van der Waals surface area contributed by atoms with Gasteiger partial charge in [-0.15, -0.1) is 0 Å². The van der Waals surface area contributed by atoms with Gasteiger partial charge >= 0.3 is 0 Å². The summed E-state index contributed by atoms with van der Waals surface area (Å²) < 4.78 is 0. The third kappa shape index (κ3) is 2.15. The molecule has 0 radical (unpaired) electrons. The van der Waals surface area contributed by atoms with Crippen molar-refractivity contribution >= 4 is 16.8 Å². The molecule has 0 bridgehead atoms. The number of rotatable bonds is 2. The maximum absolute atomic E-state index is 10.3. The van der Waals surface area contributed by atoms with Crippen LogP contribution in [0.1, 0.15) is 5.69 Å². The van der Waals surface area contributed by atoms with Crippen molar-refractivity contribution in [1.82, 2.24) is 4.98 Å². The maximum atomic E-state index is 10.3. The smallest absolute Gasteiger partial charge is 0.227 e. The summed E-state index contributed by atoms with van der Waals surface area (Å²) in [6, 6.07) is 5.38. The van der Waals surface area contributed by atoms with Gasteiger partial charge in [-0.05, 0) is 23.7 Å². The maximum Gasteiger partial charge on any atom is 0.227 e. The van der Waals surface area contributed by atoms with Gasteiger partial charge in [-0.2, -0.15) is 0 Å². The van der Waals surface area contributed by atoms with Gasteiger partial charge in [-0.25, -0.2) is 0 Å². The molecule has 0 saturated carbocycles. The molecule has 3 heteroatoms. The molecule has 0 aliphatic heterocycles. The summed E-state index contributed by atoms with van der Waals surface area (Å²) in [6.07, 6.45) is 1.84. The highest BCUT2D eigenvalue weighted by atomic mass is 35.5. The van der Waals surface area contributed by atoms with Crippen molar-refractivity contribution in [2.75, 3.05) is 0 Å². The third-order valence-electron chi connectivity index (χ3n) is 1.05. The fourth-order valence-corrected chi connectivity index (χ4v) is 0.782. The van der Waals surface area contributed by atoms with Gasteiger partial charge in [-0.1, -0.05) is 6.07 Å². The van der Waals surface area contributed by atoms with Crippen LogP contribution in [0, 0.1) is 0 Å². The quantitative estimate of drug-likeness (QED) is 0.605. The number of hydrogen-bond donors (Lipinski definition) is 0. The molecule has 1 aromatic heterocycles. The van der Waals surface area contributed by atoms with E-state index in [0.717, 1.165) is 0 Å². The van der Waals surface area contributed by atoms with Crippen molar-refractivity contribution in [2.45, 2.75) is 6.42 Å². The molecule has 1 aromatic rings. The molecule has 0 aromatic carbocycles. The molecular weight excluding hydrogens is 150 g/mol. The van der Waals surface area contributed by atoms with E-state index in [1.54, 1.807) is 18.3 Å². The molecule has 0 fully saturated rings. The van der Waals surface area contributed by atoms with Crippen molar-refractivity contribution in [3.05, 3.63) is 30.1 Å². The first kappa shape index (κ1) is 7.22.